The van der Waals surface area contributed by atoms with Gasteiger partial charge in [0, 0.05) is 12.8 Å². The van der Waals surface area contributed by atoms with Gasteiger partial charge >= 0.3 is 5.69 Å². The largest absolute Gasteiger partial charge is 0.497 e. The summed E-state index contributed by atoms with van der Waals surface area (Å²) in [6, 6.07) is 7.13. The van der Waals surface area contributed by atoms with Crippen molar-refractivity contribution in [3.8, 4) is 11.6 Å². The van der Waals surface area contributed by atoms with E-state index in [0.29, 0.717) is 12.3 Å². The number of H-pyrrole nitrogens is 1. The lowest BCUT2D eigenvalue weighted by Gasteiger charge is -2.25. The number of nitrogens with zero attached hydrogens (tertiary/aromatic N) is 3. The van der Waals surface area contributed by atoms with Crippen molar-refractivity contribution in [1.29, 1.82) is 0 Å². The Morgan fingerprint density at radius 3 is 2.57 bits per heavy atom. The molecule has 3 rings (SSSR count). The third kappa shape index (κ3) is 4.89. The second kappa shape index (κ2) is 9.36. The van der Waals surface area contributed by atoms with E-state index in [4.69, 9.17) is 4.74 Å². The van der Waals surface area contributed by atoms with Gasteiger partial charge in [0.1, 0.15) is 11.3 Å². The highest BCUT2D eigenvalue weighted by Gasteiger charge is 2.13. The summed E-state index contributed by atoms with van der Waals surface area (Å²) in [5.41, 5.74) is -0.524. The highest BCUT2D eigenvalue weighted by atomic mass is 16.5. The SMILES string of the molecule is COc1ccc(Cn2c(O)c(C=NCCN3CCCCC3)c(=O)[nH]c2=O)cc1. The third-order valence-electron chi connectivity index (χ3n) is 4.92. The molecular weight excluding hydrogens is 360 g/mol. The van der Waals surface area contributed by atoms with Crippen LogP contribution in [0.15, 0.2) is 38.8 Å². The van der Waals surface area contributed by atoms with Crippen LogP contribution in [0.1, 0.15) is 30.4 Å². The second-order valence-electron chi connectivity index (χ2n) is 6.87. The van der Waals surface area contributed by atoms with Crippen molar-refractivity contribution in [3.05, 3.63) is 56.2 Å². The van der Waals surface area contributed by atoms with Crippen molar-refractivity contribution < 1.29 is 9.84 Å². The summed E-state index contributed by atoms with van der Waals surface area (Å²) in [7, 11) is 1.57. The molecule has 1 aliphatic rings. The van der Waals surface area contributed by atoms with Crippen LogP contribution < -0.4 is 16.0 Å². The lowest BCUT2D eigenvalue weighted by atomic mass is 10.1. The fourth-order valence-corrected chi connectivity index (χ4v) is 3.29. The lowest BCUT2D eigenvalue weighted by Crippen LogP contribution is -2.33. The molecule has 1 aromatic heterocycles. The first-order valence-electron chi connectivity index (χ1n) is 9.49. The summed E-state index contributed by atoms with van der Waals surface area (Å²) in [5.74, 6) is 0.314. The van der Waals surface area contributed by atoms with Gasteiger partial charge in [-0.25, -0.2) is 4.79 Å². The molecule has 0 saturated carbocycles. The number of methoxy groups -OCH3 is 1. The van der Waals surface area contributed by atoms with E-state index in [1.807, 2.05) is 0 Å². The van der Waals surface area contributed by atoms with Crippen LogP contribution in [-0.4, -0.2) is 59.1 Å². The van der Waals surface area contributed by atoms with Crippen LogP contribution >= 0.6 is 0 Å². The van der Waals surface area contributed by atoms with E-state index in [-0.39, 0.29) is 18.0 Å². The van der Waals surface area contributed by atoms with Gasteiger partial charge in [-0.2, -0.15) is 0 Å². The molecule has 2 N–H and O–H groups in total. The van der Waals surface area contributed by atoms with Crippen molar-refractivity contribution in [2.45, 2.75) is 25.8 Å². The summed E-state index contributed by atoms with van der Waals surface area (Å²) in [4.78, 5) is 33.1. The van der Waals surface area contributed by atoms with E-state index in [9.17, 15) is 14.7 Å². The number of piperidine rings is 1. The van der Waals surface area contributed by atoms with Crippen LogP contribution in [0.4, 0.5) is 0 Å². The van der Waals surface area contributed by atoms with Gasteiger partial charge < -0.3 is 14.7 Å². The number of hydrogen-bond acceptors (Lipinski definition) is 6. The minimum absolute atomic E-state index is 0.00763. The average Bonchev–Trinajstić information content (AvgIpc) is 2.71. The number of aromatic amines is 1. The number of aromatic hydroxyl groups is 1. The minimum Gasteiger partial charge on any atom is -0.497 e. The van der Waals surface area contributed by atoms with Gasteiger partial charge in [-0.1, -0.05) is 18.6 Å². The molecule has 0 radical (unpaired) electrons. The number of aliphatic imine (C=N–C) groups is 1. The van der Waals surface area contributed by atoms with Crippen LogP contribution in [0.2, 0.25) is 0 Å². The maximum atomic E-state index is 12.1. The van der Waals surface area contributed by atoms with Gasteiger partial charge in [-0.05, 0) is 43.6 Å². The zero-order chi connectivity index (χ0) is 19.9. The number of rotatable bonds is 7. The van der Waals surface area contributed by atoms with Gasteiger partial charge in [-0.3, -0.25) is 19.3 Å². The maximum Gasteiger partial charge on any atom is 0.331 e. The van der Waals surface area contributed by atoms with Crippen molar-refractivity contribution in [2.75, 3.05) is 33.3 Å². The van der Waals surface area contributed by atoms with Gasteiger partial charge in [0.2, 0.25) is 5.88 Å². The topological polar surface area (TPSA) is 99.9 Å². The molecule has 1 fully saturated rings. The standard InChI is InChI=1S/C20H26N4O4/c1-28-16-7-5-15(6-8-16)14-24-19(26)17(18(25)22-20(24)27)13-21-9-12-23-10-3-2-4-11-23/h5-8,13,26H,2-4,9-12,14H2,1H3,(H,22,25,27). The van der Waals surface area contributed by atoms with E-state index < -0.39 is 11.2 Å². The molecular formula is C20H26N4O4. The Hall–Kier alpha value is -2.87. The molecule has 0 bridgehead atoms. The predicted molar refractivity (Wildman–Crippen MR) is 108 cm³/mol. The normalized spacial score (nSPS) is 15.2. The number of hydrogen-bond donors (Lipinski definition) is 2. The van der Waals surface area contributed by atoms with Crippen LogP contribution in [0.25, 0.3) is 0 Å². The minimum atomic E-state index is -0.663. The van der Waals surface area contributed by atoms with Gasteiger partial charge in [-0.15, -0.1) is 0 Å². The number of nitrogens with one attached hydrogen (secondary N) is 1. The fourth-order valence-electron chi connectivity index (χ4n) is 3.29. The molecule has 0 spiro atoms. The monoisotopic (exact) mass is 386 g/mol. The number of aromatic nitrogens is 2. The molecule has 1 aromatic carbocycles. The number of benzene rings is 1. The van der Waals surface area contributed by atoms with E-state index in [2.05, 4.69) is 14.9 Å². The molecule has 0 amide bonds. The van der Waals surface area contributed by atoms with Crippen LogP contribution in [-0.2, 0) is 6.54 Å². The summed E-state index contributed by atoms with van der Waals surface area (Å²) in [6.07, 6.45) is 5.04. The van der Waals surface area contributed by atoms with Crippen molar-refractivity contribution in [1.82, 2.24) is 14.5 Å². The smallest absolute Gasteiger partial charge is 0.331 e. The van der Waals surface area contributed by atoms with Crippen molar-refractivity contribution in [3.63, 3.8) is 0 Å². The van der Waals surface area contributed by atoms with E-state index in [0.717, 1.165) is 29.8 Å². The zero-order valence-corrected chi connectivity index (χ0v) is 16.1. The molecule has 2 heterocycles. The molecule has 1 saturated heterocycles. The highest BCUT2D eigenvalue weighted by Crippen LogP contribution is 2.15. The lowest BCUT2D eigenvalue weighted by molar-refractivity contribution is 0.235. The van der Waals surface area contributed by atoms with E-state index >= 15 is 0 Å². The Morgan fingerprint density at radius 2 is 1.89 bits per heavy atom. The quantitative estimate of drug-likeness (QED) is 0.697. The Balaban J connectivity index is 1.74. The summed E-state index contributed by atoms with van der Waals surface area (Å²) in [5, 5.41) is 10.5. The maximum absolute atomic E-state index is 12.1. The molecule has 0 atom stereocenters. The first-order valence-corrected chi connectivity index (χ1v) is 9.49. The van der Waals surface area contributed by atoms with Crippen LogP contribution in [0, 0.1) is 0 Å². The Labute approximate surface area is 163 Å². The van der Waals surface area contributed by atoms with Crippen LogP contribution in [0.3, 0.4) is 0 Å². The molecule has 2 aromatic rings. The molecule has 8 nitrogen and oxygen atoms in total. The second-order valence-corrected chi connectivity index (χ2v) is 6.87. The molecule has 28 heavy (non-hydrogen) atoms. The first kappa shape index (κ1) is 19.9. The highest BCUT2D eigenvalue weighted by molar-refractivity contribution is 5.81. The van der Waals surface area contributed by atoms with Gasteiger partial charge in [0.15, 0.2) is 0 Å². The van der Waals surface area contributed by atoms with Gasteiger partial charge in [0.05, 0.1) is 20.2 Å². The fraction of sp³-hybridized carbons (Fsp3) is 0.450. The molecule has 1 aliphatic heterocycles. The molecule has 0 unspecified atom stereocenters. The first-order chi connectivity index (χ1) is 13.6. The summed E-state index contributed by atoms with van der Waals surface area (Å²) >= 11 is 0. The Morgan fingerprint density at radius 1 is 1.18 bits per heavy atom. The number of ether oxygens (including phenoxy) is 1. The Kier molecular flexibility index (Phi) is 6.65. The van der Waals surface area contributed by atoms with Crippen molar-refractivity contribution in [2.24, 2.45) is 4.99 Å². The van der Waals surface area contributed by atoms with Gasteiger partial charge in [0.25, 0.3) is 5.56 Å². The van der Waals surface area contributed by atoms with Crippen molar-refractivity contribution >= 4 is 6.21 Å². The van der Waals surface area contributed by atoms with E-state index in [1.54, 1.807) is 31.4 Å². The molecule has 0 aliphatic carbocycles. The summed E-state index contributed by atoms with van der Waals surface area (Å²) in [6.45, 7) is 3.64. The average molecular weight is 386 g/mol. The summed E-state index contributed by atoms with van der Waals surface area (Å²) < 4.78 is 6.23. The Bertz CT molecular complexity index is 925. The third-order valence-corrected chi connectivity index (χ3v) is 4.92. The zero-order valence-electron chi connectivity index (χ0n) is 16.1. The molecule has 150 valence electrons. The molecule has 8 heteroatoms. The predicted octanol–water partition coefficient (Wildman–Crippen LogP) is 1.20. The van der Waals surface area contributed by atoms with Crippen LogP contribution in [0.5, 0.6) is 11.6 Å². The van der Waals surface area contributed by atoms with E-state index in [1.165, 1.54) is 25.5 Å². The number of likely N-dealkylation sites (tertiary alicyclic amines) is 1.